The van der Waals surface area contributed by atoms with Crippen LogP contribution in [-0.2, 0) is 0 Å². The van der Waals surface area contributed by atoms with Crippen molar-refractivity contribution in [1.29, 1.82) is 5.41 Å². The molecule has 0 fully saturated rings. The van der Waals surface area contributed by atoms with E-state index in [-0.39, 0.29) is 11.0 Å². The van der Waals surface area contributed by atoms with Crippen LogP contribution in [0.2, 0.25) is 0 Å². The third kappa shape index (κ3) is 2.85. The van der Waals surface area contributed by atoms with E-state index in [0.717, 1.165) is 30.7 Å². The van der Waals surface area contributed by atoms with Gasteiger partial charge >= 0.3 is 0 Å². The van der Waals surface area contributed by atoms with Crippen molar-refractivity contribution >= 4 is 11.4 Å². The second-order valence-corrected chi connectivity index (χ2v) is 6.76. The van der Waals surface area contributed by atoms with E-state index in [9.17, 15) is 0 Å². The van der Waals surface area contributed by atoms with Crippen molar-refractivity contribution in [3.8, 4) is 0 Å². The summed E-state index contributed by atoms with van der Waals surface area (Å²) in [4.78, 5) is 4.98. The Bertz CT molecular complexity index is 615. The molecule has 0 aliphatic heterocycles. The number of nitrogens with zero attached hydrogens (tertiary/aromatic N) is 1. The zero-order valence-electron chi connectivity index (χ0n) is 14.1. The lowest BCUT2D eigenvalue weighted by molar-refractivity contribution is 0.228. The first kappa shape index (κ1) is 16.5. The van der Waals surface area contributed by atoms with Gasteiger partial charge in [0.2, 0.25) is 0 Å². The lowest BCUT2D eigenvalue weighted by Crippen LogP contribution is -2.43. The average molecular weight is 297 g/mol. The van der Waals surface area contributed by atoms with Gasteiger partial charge in [-0.3, -0.25) is 10.4 Å². The smallest absolute Gasteiger partial charge is 0.0830 e. The molecule has 3 nitrogen and oxygen atoms in total. The van der Waals surface area contributed by atoms with E-state index >= 15 is 0 Å². The fourth-order valence-corrected chi connectivity index (χ4v) is 3.08. The van der Waals surface area contributed by atoms with E-state index in [0.29, 0.717) is 5.71 Å². The summed E-state index contributed by atoms with van der Waals surface area (Å²) >= 11 is 0. The molecule has 1 atom stereocenters. The van der Waals surface area contributed by atoms with Gasteiger partial charge in [-0.2, -0.15) is 0 Å². The Morgan fingerprint density at radius 3 is 2.45 bits per heavy atom. The van der Waals surface area contributed by atoms with Gasteiger partial charge in [0.1, 0.15) is 0 Å². The van der Waals surface area contributed by atoms with Crippen LogP contribution in [0.3, 0.4) is 0 Å². The van der Waals surface area contributed by atoms with Gasteiger partial charge < -0.3 is 5.73 Å². The molecule has 0 spiro atoms. The third-order valence-electron chi connectivity index (χ3n) is 5.19. The minimum atomic E-state index is -0.314. The van der Waals surface area contributed by atoms with Crippen LogP contribution in [-0.4, -0.2) is 17.0 Å². The molecular weight excluding hydrogens is 270 g/mol. The van der Waals surface area contributed by atoms with Gasteiger partial charge in [0.05, 0.1) is 17.0 Å². The van der Waals surface area contributed by atoms with Crippen molar-refractivity contribution < 1.29 is 0 Å². The van der Waals surface area contributed by atoms with Crippen molar-refractivity contribution in [2.75, 3.05) is 0 Å². The zero-order chi connectivity index (χ0) is 16.4. The summed E-state index contributed by atoms with van der Waals surface area (Å²) in [5.41, 5.74) is 9.17. The molecule has 3 heteroatoms. The van der Waals surface area contributed by atoms with Gasteiger partial charge in [-0.05, 0) is 43.9 Å². The first-order valence-corrected chi connectivity index (χ1v) is 8.01. The Hall–Kier alpha value is -1.90. The number of nitrogens with one attached hydrogen (secondary N) is 1. The number of allylic oxidation sites excluding steroid dienone is 7. The maximum atomic E-state index is 8.07. The van der Waals surface area contributed by atoms with Gasteiger partial charge in [-0.1, -0.05) is 45.1 Å². The van der Waals surface area contributed by atoms with Crippen LogP contribution in [0, 0.1) is 10.8 Å². The Labute approximate surface area is 133 Å². The fourth-order valence-electron chi connectivity index (χ4n) is 3.08. The van der Waals surface area contributed by atoms with E-state index in [1.165, 1.54) is 5.57 Å². The van der Waals surface area contributed by atoms with Crippen LogP contribution in [0.5, 0.6) is 0 Å². The van der Waals surface area contributed by atoms with E-state index in [4.69, 9.17) is 16.1 Å². The molecule has 22 heavy (non-hydrogen) atoms. The van der Waals surface area contributed by atoms with Crippen molar-refractivity contribution in [1.82, 2.24) is 0 Å². The second kappa shape index (κ2) is 6.07. The lowest BCUT2D eigenvalue weighted by Gasteiger charge is -2.43. The van der Waals surface area contributed by atoms with Crippen molar-refractivity contribution in [3.05, 3.63) is 47.7 Å². The zero-order valence-corrected chi connectivity index (χ0v) is 14.1. The monoisotopic (exact) mass is 297 g/mol. The number of hydrogen-bond donors (Lipinski definition) is 2. The highest BCUT2D eigenvalue weighted by atomic mass is 14.9. The maximum absolute atomic E-state index is 8.07. The molecule has 0 bridgehead atoms. The highest BCUT2D eigenvalue weighted by molar-refractivity contribution is 6.50. The highest BCUT2D eigenvalue weighted by Crippen LogP contribution is 2.45. The predicted molar refractivity (Wildman–Crippen MR) is 95.5 cm³/mol. The molecule has 3 N–H and O–H groups in total. The summed E-state index contributed by atoms with van der Waals surface area (Å²) in [6, 6.07) is 0. The molecule has 0 saturated carbocycles. The van der Waals surface area contributed by atoms with Crippen LogP contribution in [0.15, 0.2) is 52.7 Å². The molecule has 0 saturated heterocycles. The maximum Gasteiger partial charge on any atom is 0.0830 e. The number of hydrogen-bond acceptors (Lipinski definition) is 3. The quantitative estimate of drug-likeness (QED) is 0.745. The highest BCUT2D eigenvalue weighted by Gasteiger charge is 2.43. The Balaban J connectivity index is 2.47. The topological polar surface area (TPSA) is 62.2 Å². The average Bonchev–Trinajstić information content (AvgIpc) is 2.49. The number of aliphatic imine (C=N–C) groups is 1. The lowest BCUT2D eigenvalue weighted by atomic mass is 9.65. The van der Waals surface area contributed by atoms with E-state index in [2.05, 4.69) is 39.8 Å². The van der Waals surface area contributed by atoms with Crippen LogP contribution >= 0.6 is 0 Å². The molecule has 0 aromatic heterocycles. The van der Waals surface area contributed by atoms with Gasteiger partial charge in [-0.15, -0.1) is 0 Å². The molecule has 0 heterocycles. The third-order valence-corrected chi connectivity index (χ3v) is 5.19. The Kier molecular flexibility index (Phi) is 4.55. The normalized spacial score (nSPS) is 23.3. The number of nitrogens with two attached hydrogens (primary N) is 1. The van der Waals surface area contributed by atoms with Gasteiger partial charge in [0.25, 0.3) is 0 Å². The fraction of sp³-hybridized carbons (Fsp3) is 0.474. The Morgan fingerprint density at radius 2 is 1.86 bits per heavy atom. The van der Waals surface area contributed by atoms with Crippen LogP contribution < -0.4 is 5.73 Å². The molecule has 2 rings (SSSR count). The molecule has 1 unspecified atom stereocenters. The second-order valence-electron chi connectivity index (χ2n) is 6.76. The Morgan fingerprint density at radius 1 is 1.18 bits per heavy atom. The SMILES string of the molecule is CCC(C)(/N=C1\C=CC=CC1=N)C(C)(C)C1=C(N)CCC=C1. The van der Waals surface area contributed by atoms with E-state index < -0.39 is 0 Å². The molecular formula is C19H27N3. The predicted octanol–water partition coefficient (Wildman–Crippen LogP) is 4.33. The minimum Gasteiger partial charge on any atom is -0.402 e. The summed E-state index contributed by atoms with van der Waals surface area (Å²) < 4.78 is 0. The molecule has 0 aromatic rings. The first-order chi connectivity index (χ1) is 10.3. The van der Waals surface area contributed by atoms with Gasteiger partial charge in [0, 0.05) is 11.1 Å². The summed E-state index contributed by atoms with van der Waals surface area (Å²) in [6.07, 6.45) is 14.7. The summed E-state index contributed by atoms with van der Waals surface area (Å²) in [5, 5.41) is 8.07. The summed E-state index contributed by atoms with van der Waals surface area (Å²) in [7, 11) is 0. The van der Waals surface area contributed by atoms with Crippen molar-refractivity contribution in [3.63, 3.8) is 0 Å². The van der Waals surface area contributed by atoms with Crippen LogP contribution in [0.4, 0.5) is 0 Å². The van der Waals surface area contributed by atoms with Gasteiger partial charge in [-0.25, -0.2) is 0 Å². The largest absolute Gasteiger partial charge is 0.402 e. The molecule has 2 aliphatic carbocycles. The number of rotatable bonds is 4. The van der Waals surface area contributed by atoms with Crippen LogP contribution in [0.1, 0.15) is 47.0 Å². The summed E-state index contributed by atoms with van der Waals surface area (Å²) in [6.45, 7) is 8.75. The summed E-state index contributed by atoms with van der Waals surface area (Å²) in [5.74, 6) is 0. The molecule has 0 aromatic carbocycles. The standard InChI is InChI=1S/C19H27N3/c1-5-19(4,22-17-13-9-8-12-16(17)21)18(2,3)14-10-6-7-11-15(14)20/h6,8-10,12-13,21H,5,7,11,20H2,1-4H3/b21-16?,22-17+. The van der Waals surface area contributed by atoms with Gasteiger partial charge in [0.15, 0.2) is 0 Å². The molecule has 2 aliphatic rings. The van der Waals surface area contributed by atoms with Crippen molar-refractivity contribution in [2.45, 2.75) is 52.5 Å². The van der Waals surface area contributed by atoms with Crippen molar-refractivity contribution in [2.24, 2.45) is 16.1 Å². The first-order valence-electron chi connectivity index (χ1n) is 8.01. The van der Waals surface area contributed by atoms with E-state index in [1.807, 2.05) is 18.2 Å². The minimum absolute atomic E-state index is 0.189. The van der Waals surface area contributed by atoms with Crippen LogP contribution in [0.25, 0.3) is 0 Å². The molecule has 118 valence electrons. The van der Waals surface area contributed by atoms with E-state index in [1.54, 1.807) is 6.08 Å². The molecule has 0 radical (unpaired) electrons. The molecule has 0 amide bonds.